The zero-order chi connectivity index (χ0) is 24.5. The van der Waals surface area contributed by atoms with Gasteiger partial charge in [-0.3, -0.25) is 14.8 Å². The third-order valence-electron chi connectivity index (χ3n) is 6.27. The minimum absolute atomic E-state index is 0.0488. The molecule has 2 aromatic heterocycles. The van der Waals surface area contributed by atoms with Crippen LogP contribution in [0.1, 0.15) is 47.2 Å². The van der Waals surface area contributed by atoms with Crippen molar-refractivity contribution in [2.24, 2.45) is 0 Å². The first-order chi connectivity index (χ1) is 17.1. The second-order valence-corrected chi connectivity index (χ2v) is 8.45. The van der Waals surface area contributed by atoms with E-state index >= 15 is 0 Å². The number of amides is 1. The minimum Gasteiger partial charge on any atom is -0.378 e. The maximum absolute atomic E-state index is 13.3. The Balaban J connectivity index is 1.66. The summed E-state index contributed by atoms with van der Waals surface area (Å²) in [7, 11) is 1.89. The molecule has 2 unspecified atom stereocenters. The summed E-state index contributed by atoms with van der Waals surface area (Å²) >= 11 is 0. The summed E-state index contributed by atoms with van der Waals surface area (Å²) in [6, 6.07) is 26.1. The quantitative estimate of drug-likeness (QED) is 0.324. The molecule has 0 spiro atoms. The number of carbonyl (C=O) groups is 1. The molecule has 6 nitrogen and oxygen atoms in total. The smallest absolute Gasteiger partial charge is 0.220 e. The molecule has 0 saturated heterocycles. The van der Waals surface area contributed by atoms with Crippen molar-refractivity contribution in [2.45, 2.75) is 30.5 Å². The van der Waals surface area contributed by atoms with Crippen molar-refractivity contribution in [3.05, 3.63) is 132 Å². The highest BCUT2D eigenvalue weighted by atomic mass is 16.3. The van der Waals surface area contributed by atoms with Crippen molar-refractivity contribution in [1.29, 1.82) is 0 Å². The highest BCUT2D eigenvalue weighted by molar-refractivity contribution is 5.77. The van der Waals surface area contributed by atoms with Crippen molar-refractivity contribution >= 4 is 5.91 Å². The van der Waals surface area contributed by atoms with Crippen LogP contribution in [-0.4, -0.2) is 28.0 Å². The van der Waals surface area contributed by atoms with E-state index in [-0.39, 0.29) is 11.9 Å². The number of hydrogen-bond donors (Lipinski definition) is 3. The molecule has 0 saturated carbocycles. The lowest BCUT2D eigenvalue weighted by Gasteiger charge is -2.37. The summed E-state index contributed by atoms with van der Waals surface area (Å²) in [6.07, 6.45) is 7.48. The van der Waals surface area contributed by atoms with E-state index < -0.39 is 11.6 Å². The largest absolute Gasteiger partial charge is 0.378 e. The predicted octanol–water partition coefficient (Wildman–Crippen LogP) is 4.31. The van der Waals surface area contributed by atoms with E-state index in [1.165, 1.54) is 0 Å². The average Bonchev–Trinajstić information content (AvgIpc) is 2.93. The molecule has 6 heteroatoms. The molecule has 35 heavy (non-hydrogen) atoms. The van der Waals surface area contributed by atoms with E-state index in [4.69, 9.17) is 0 Å². The fraction of sp³-hybridized carbons (Fsp3) is 0.207. The summed E-state index contributed by atoms with van der Waals surface area (Å²) in [4.78, 5) is 21.8. The first-order valence-corrected chi connectivity index (χ1v) is 11.7. The van der Waals surface area contributed by atoms with Gasteiger partial charge in [-0.15, -0.1) is 0 Å². The van der Waals surface area contributed by atoms with Crippen molar-refractivity contribution in [1.82, 2.24) is 20.6 Å². The molecule has 0 aliphatic carbocycles. The summed E-state index contributed by atoms with van der Waals surface area (Å²) < 4.78 is 0. The molecular formula is C29H30N4O2. The molecule has 0 radical (unpaired) electrons. The van der Waals surface area contributed by atoms with Crippen LogP contribution in [0.3, 0.4) is 0 Å². The van der Waals surface area contributed by atoms with Gasteiger partial charge in [0.1, 0.15) is 5.60 Å². The van der Waals surface area contributed by atoms with Crippen molar-refractivity contribution < 1.29 is 9.90 Å². The maximum Gasteiger partial charge on any atom is 0.220 e. The third kappa shape index (κ3) is 5.62. The normalized spacial score (nSPS) is 13.1. The summed E-state index contributed by atoms with van der Waals surface area (Å²) in [5.41, 5.74) is 1.47. The number of hydrogen-bond acceptors (Lipinski definition) is 5. The molecule has 2 heterocycles. The lowest BCUT2D eigenvalue weighted by molar-refractivity contribution is -0.124. The number of pyridine rings is 2. The van der Waals surface area contributed by atoms with Gasteiger partial charge in [0.15, 0.2) is 0 Å². The first kappa shape index (κ1) is 24.3. The Kier molecular flexibility index (Phi) is 7.98. The van der Waals surface area contributed by atoms with Gasteiger partial charge in [-0.2, -0.15) is 0 Å². The third-order valence-corrected chi connectivity index (χ3v) is 6.27. The number of rotatable bonds is 10. The topological polar surface area (TPSA) is 87.1 Å². The SMILES string of the molecule is CNC(CCC(=O)NC(c1ccccc1)C(O)(c1cccnc1)c1cccnc1)c1ccccc1. The average molecular weight is 467 g/mol. The number of aromatic nitrogens is 2. The van der Waals surface area contributed by atoms with E-state index in [0.717, 1.165) is 11.1 Å². The lowest BCUT2D eigenvalue weighted by Crippen LogP contribution is -2.45. The lowest BCUT2D eigenvalue weighted by atomic mass is 9.78. The molecule has 4 aromatic rings. The van der Waals surface area contributed by atoms with Gasteiger partial charge < -0.3 is 15.7 Å². The number of nitrogens with zero attached hydrogens (tertiary/aromatic N) is 2. The second-order valence-electron chi connectivity index (χ2n) is 8.45. The maximum atomic E-state index is 13.3. The zero-order valence-electron chi connectivity index (χ0n) is 19.7. The van der Waals surface area contributed by atoms with Crippen LogP contribution in [0.25, 0.3) is 0 Å². The molecule has 1 amide bonds. The van der Waals surface area contributed by atoms with E-state index in [0.29, 0.717) is 24.0 Å². The molecule has 0 fully saturated rings. The van der Waals surface area contributed by atoms with Crippen LogP contribution in [0.2, 0.25) is 0 Å². The second kappa shape index (κ2) is 11.5. The Morgan fingerprint density at radius 3 is 1.86 bits per heavy atom. The zero-order valence-corrected chi connectivity index (χ0v) is 19.7. The molecular weight excluding hydrogens is 436 g/mol. The molecule has 178 valence electrons. The van der Waals surface area contributed by atoms with Crippen molar-refractivity contribution in [3.63, 3.8) is 0 Å². The van der Waals surface area contributed by atoms with Crippen LogP contribution in [-0.2, 0) is 10.4 Å². The van der Waals surface area contributed by atoms with Crippen molar-refractivity contribution in [3.8, 4) is 0 Å². The fourth-order valence-corrected chi connectivity index (χ4v) is 4.42. The van der Waals surface area contributed by atoms with Gasteiger partial charge in [0.2, 0.25) is 5.91 Å². The standard InChI is InChI=1S/C29H30N4O2/c1-30-26(22-10-4-2-5-11-22)16-17-27(34)33-28(23-12-6-3-7-13-23)29(35,24-14-8-18-31-20-24)25-15-9-19-32-21-25/h2-15,18-21,26,28,30,35H,16-17H2,1H3,(H,33,34). The Bertz CT molecular complexity index is 1150. The van der Waals surface area contributed by atoms with Crippen LogP contribution in [0.5, 0.6) is 0 Å². The molecule has 2 atom stereocenters. The molecule has 0 aliphatic rings. The van der Waals surface area contributed by atoms with Crippen LogP contribution in [0, 0.1) is 0 Å². The van der Waals surface area contributed by atoms with Crippen LogP contribution < -0.4 is 10.6 Å². The number of aliphatic hydroxyl groups is 1. The Morgan fingerprint density at radius 1 is 0.829 bits per heavy atom. The van der Waals surface area contributed by atoms with Gasteiger partial charge in [0.25, 0.3) is 0 Å². The van der Waals surface area contributed by atoms with Gasteiger partial charge in [-0.1, -0.05) is 72.8 Å². The first-order valence-electron chi connectivity index (χ1n) is 11.7. The van der Waals surface area contributed by atoms with Gasteiger partial charge in [0, 0.05) is 48.4 Å². The summed E-state index contributed by atoms with van der Waals surface area (Å²) in [5, 5.41) is 18.7. The minimum atomic E-state index is -1.58. The molecule has 0 aliphatic heterocycles. The van der Waals surface area contributed by atoms with Gasteiger partial charge in [-0.25, -0.2) is 0 Å². The summed E-state index contributed by atoms with van der Waals surface area (Å²) in [6.45, 7) is 0. The van der Waals surface area contributed by atoms with E-state index in [9.17, 15) is 9.90 Å². The van der Waals surface area contributed by atoms with E-state index in [1.807, 2.05) is 67.7 Å². The Morgan fingerprint density at radius 2 is 1.37 bits per heavy atom. The van der Waals surface area contributed by atoms with Crippen molar-refractivity contribution in [2.75, 3.05) is 7.05 Å². The monoisotopic (exact) mass is 466 g/mol. The summed E-state index contributed by atoms with van der Waals surface area (Å²) in [5.74, 6) is -0.152. The van der Waals surface area contributed by atoms with Gasteiger partial charge in [0.05, 0.1) is 6.04 Å². The highest BCUT2D eigenvalue weighted by Crippen LogP contribution is 2.40. The molecule has 4 rings (SSSR count). The molecule has 0 bridgehead atoms. The van der Waals surface area contributed by atoms with E-state index in [2.05, 4.69) is 32.7 Å². The number of nitrogens with one attached hydrogen (secondary N) is 2. The Hall–Kier alpha value is -3.87. The Labute approximate surface area is 206 Å². The van der Waals surface area contributed by atoms with Crippen LogP contribution in [0.4, 0.5) is 0 Å². The molecule has 2 aromatic carbocycles. The highest BCUT2D eigenvalue weighted by Gasteiger charge is 2.42. The number of carbonyl (C=O) groups excluding carboxylic acids is 1. The van der Waals surface area contributed by atoms with Gasteiger partial charge in [-0.05, 0) is 36.7 Å². The fourth-order valence-electron chi connectivity index (χ4n) is 4.42. The van der Waals surface area contributed by atoms with Crippen LogP contribution >= 0.6 is 0 Å². The van der Waals surface area contributed by atoms with E-state index in [1.54, 1.807) is 36.9 Å². The van der Waals surface area contributed by atoms with Gasteiger partial charge >= 0.3 is 0 Å². The number of benzene rings is 2. The molecule has 3 N–H and O–H groups in total. The van der Waals surface area contributed by atoms with Crippen LogP contribution in [0.15, 0.2) is 110 Å². The predicted molar refractivity (Wildman–Crippen MR) is 136 cm³/mol.